The number of para-hydroxylation sites is 1. The van der Waals surface area contributed by atoms with Gasteiger partial charge >= 0.3 is 6.03 Å². The third-order valence-electron chi connectivity index (χ3n) is 7.33. The third kappa shape index (κ3) is 6.19. The normalized spacial score (nSPS) is 13.6. The number of nitriles is 1. The Balaban J connectivity index is 1.28. The molecule has 2 heterocycles. The fourth-order valence-corrected chi connectivity index (χ4v) is 5.09. The average molecular weight is 574 g/mol. The fourth-order valence-electron chi connectivity index (χ4n) is 5.09. The van der Waals surface area contributed by atoms with Crippen molar-refractivity contribution in [2.24, 2.45) is 0 Å². The zero-order valence-corrected chi connectivity index (χ0v) is 24.2. The van der Waals surface area contributed by atoms with E-state index >= 15 is 0 Å². The Hall–Kier alpha value is -5.62. The van der Waals surface area contributed by atoms with Crippen LogP contribution in [0.2, 0.25) is 0 Å². The minimum atomic E-state index is -0.642. The first-order valence-corrected chi connectivity index (χ1v) is 13.9. The second-order valence-electron chi connectivity index (χ2n) is 10.2. The van der Waals surface area contributed by atoms with E-state index in [0.29, 0.717) is 17.0 Å². The van der Waals surface area contributed by atoms with Gasteiger partial charge in [-0.1, -0.05) is 43.3 Å². The summed E-state index contributed by atoms with van der Waals surface area (Å²) in [5.41, 5.74) is 6.60. The van der Waals surface area contributed by atoms with E-state index in [1.807, 2.05) is 92.1 Å². The number of carbonyl (C=O) groups is 3. The smallest absolute Gasteiger partial charge is 0.329 e. The second-order valence-corrected chi connectivity index (χ2v) is 10.2. The predicted molar refractivity (Wildman–Crippen MR) is 163 cm³/mol. The molecule has 2 N–H and O–H groups in total. The Morgan fingerprint density at radius 3 is 2.42 bits per heavy atom. The molecule has 5 rings (SSSR count). The van der Waals surface area contributed by atoms with E-state index in [9.17, 15) is 19.6 Å². The summed E-state index contributed by atoms with van der Waals surface area (Å²) in [4.78, 5) is 39.3. The lowest BCUT2D eigenvalue weighted by atomic mass is 10.1. The van der Waals surface area contributed by atoms with Crippen LogP contribution in [0.15, 0.2) is 84.6 Å². The highest BCUT2D eigenvalue weighted by Crippen LogP contribution is 2.26. The van der Waals surface area contributed by atoms with Gasteiger partial charge in [0.15, 0.2) is 0 Å². The van der Waals surface area contributed by atoms with Crippen molar-refractivity contribution < 1.29 is 19.1 Å². The van der Waals surface area contributed by atoms with Crippen molar-refractivity contribution in [1.82, 2.24) is 14.8 Å². The van der Waals surface area contributed by atoms with Crippen LogP contribution in [0.3, 0.4) is 0 Å². The lowest BCUT2D eigenvalue weighted by molar-refractivity contribution is -0.127. The molecule has 1 aliphatic heterocycles. The Morgan fingerprint density at radius 1 is 1.00 bits per heavy atom. The van der Waals surface area contributed by atoms with Crippen LogP contribution in [0, 0.1) is 25.2 Å². The number of aryl methyl sites for hydroxylation is 2. The molecule has 4 amide bonds. The van der Waals surface area contributed by atoms with Crippen molar-refractivity contribution in [2.75, 3.05) is 11.9 Å². The number of ether oxygens (including phenoxy) is 1. The van der Waals surface area contributed by atoms with Gasteiger partial charge in [0.25, 0.3) is 5.91 Å². The van der Waals surface area contributed by atoms with E-state index in [2.05, 4.69) is 16.7 Å². The first-order valence-electron chi connectivity index (χ1n) is 13.9. The molecule has 1 fully saturated rings. The molecular formula is C34H31N5O4. The van der Waals surface area contributed by atoms with E-state index in [0.717, 1.165) is 45.1 Å². The largest absolute Gasteiger partial charge is 0.489 e. The molecule has 0 spiro atoms. The van der Waals surface area contributed by atoms with Crippen LogP contribution >= 0.6 is 0 Å². The minimum Gasteiger partial charge on any atom is -0.489 e. The van der Waals surface area contributed by atoms with Gasteiger partial charge in [0.1, 0.15) is 24.6 Å². The zero-order valence-electron chi connectivity index (χ0n) is 24.2. The summed E-state index contributed by atoms with van der Waals surface area (Å²) >= 11 is 0. The van der Waals surface area contributed by atoms with E-state index < -0.39 is 24.4 Å². The number of anilines is 1. The molecule has 0 bridgehead atoms. The maximum Gasteiger partial charge on any atom is 0.329 e. The standard InChI is InChI=1S/C34H31N5O4/c1-4-24-9-7-8-12-30(24)36-32(40)20-38-33(41)31(37-34(38)42)18-27-17-22(2)39(23(27)3)28-13-15-29(16-14-28)43-21-26-11-6-5-10-25(26)19-35/h5-18H,4,20-21H2,1-3H3,(H,36,40)(H,37,42)/b31-18+. The Labute approximate surface area is 250 Å². The molecular weight excluding hydrogens is 542 g/mol. The van der Waals surface area contributed by atoms with Crippen LogP contribution in [-0.2, 0) is 22.6 Å². The first kappa shape index (κ1) is 28.9. The van der Waals surface area contributed by atoms with Crippen LogP contribution in [0.1, 0.15) is 40.6 Å². The Bertz CT molecular complexity index is 1780. The number of aromatic nitrogens is 1. The van der Waals surface area contributed by atoms with Gasteiger partial charge in [-0.3, -0.25) is 9.59 Å². The van der Waals surface area contributed by atoms with Gasteiger partial charge in [0, 0.05) is 28.3 Å². The summed E-state index contributed by atoms with van der Waals surface area (Å²) in [7, 11) is 0. The summed E-state index contributed by atoms with van der Waals surface area (Å²) in [6.45, 7) is 5.76. The van der Waals surface area contributed by atoms with Crippen molar-refractivity contribution in [3.8, 4) is 17.5 Å². The van der Waals surface area contributed by atoms with Gasteiger partial charge in [0.05, 0.1) is 11.6 Å². The predicted octanol–water partition coefficient (Wildman–Crippen LogP) is 5.64. The molecule has 43 heavy (non-hydrogen) atoms. The zero-order chi connectivity index (χ0) is 30.5. The number of imide groups is 1. The van der Waals surface area contributed by atoms with Gasteiger partial charge < -0.3 is 19.9 Å². The molecule has 0 aliphatic carbocycles. The second kappa shape index (κ2) is 12.5. The summed E-state index contributed by atoms with van der Waals surface area (Å²) in [6, 6.07) is 25.8. The number of urea groups is 1. The maximum atomic E-state index is 13.1. The lowest BCUT2D eigenvalue weighted by Crippen LogP contribution is -2.38. The minimum absolute atomic E-state index is 0.105. The van der Waals surface area contributed by atoms with Crippen LogP contribution < -0.4 is 15.4 Å². The van der Waals surface area contributed by atoms with E-state index in [4.69, 9.17) is 4.74 Å². The molecule has 1 saturated heterocycles. The van der Waals surface area contributed by atoms with Crippen molar-refractivity contribution in [3.05, 3.63) is 118 Å². The molecule has 4 aromatic rings. The van der Waals surface area contributed by atoms with Crippen LogP contribution in [0.25, 0.3) is 11.8 Å². The fraction of sp³-hybridized carbons (Fsp3) is 0.176. The van der Waals surface area contributed by atoms with Gasteiger partial charge in [-0.2, -0.15) is 5.26 Å². The summed E-state index contributed by atoms with van der Waals surface area (Å²) in [5.74, 6) is -0.346. The van der Waals surface area contributed by atoms with Crippen molar-refractivity contribution in [2.45, 2.75) is 33.8 Å². The summed E-state index contributed by atoms with van der Waals surface area (Å²) in [5, 5.41) is 14.7. The van der Waals surface area contributed by atoms with E-state index in [-0.39, 0.29) is 12.3 Å². The molecule has 0 saturated carbocycles. The van der Waals surface area contributed by atoms with Gasteiger partial charge in [-0.05, 0) is 79.9 Å². The van der Waals surface area contributed by atoms with E-state index in [1.165, 1.54) is 0 Å². The van der Waals surface area contributed by atoms with E-state index in [1.54, 1.807) is 18.2 Å². The monoisotopic (exact) mass is 573 g/mol. The van der Waals surface area contributed by atoms with Crippen molar-refractivity contribution in [1.29, 1.82) is 5.26 Å². The molecule has 1 aliphatic rings. The topological polar surface area (TPSA) is 116 Å². The Morgan fingerprint density at radius 2 is 1.70 bits per heavy atom. The highest BCUT2D eigenvalue weighted by atomic mass is 16.5. The maximum absolute atomic E-state index is 13.1. The van der Waals surface area contributed by atoms with Crippen molar-refractivity contribution in [3.63, 3.8) is 0 Å². The lowest BCUT2D eigenvalue weighted by Gasteiger charge is -2.13. The average Bonchev–Trinajstić information content (AvgIpc) is 3.44. The number of hydrogen-bond acceptors (Lipinski definition) is 5. The number of benzene rings is 3. The first-order chi connectivity index (χ1) is 20.8. The number of hydrogen-bond donors (Lipinski definition) is 2. The number of nitrogens with one attached hydrogen (secondary N) is 2. The van der Waals surface area contributed by atoms with Crippen molar-refractivity contribution >= 4 is 29.6 Å². The third-order valence-corrected chi connectivity index (χ3v) is 7.33. The molecule has 9 heteroatoms. The molecule has 9 nitrogen and oxygen atoms in total. The van der Waals surface area contributed by atoms with Crippen LogP contribution in [0.4, 0.5) is 10.5 Å². The summed E-state index contributed by atoms with van der Waals surface area (Å²) < 4.78 is 7.94. The molecule has 0 atom stereocenters. The molecule has 3 aromatic carbocycles. The SMILES string of the molecule is CCc1ccccc1NC(=O)CN1C(=O)N/C(=C/c2cc(C)n(-c3ccc(OCc4ccccc4C#N)cc3)c2C)C1=O. The molecule has 0 unspecified atom stereocenters. The number of nitrogens with zero attached hydrogens (tertiary/aromatic N) is 3. The number of carbonyl (C=O) groups excluding carboxylic acids is 3. The highest BCUT2D eigenvalue weighted by molar-refractivity contribution is 6.16. The number of rotatable bonds is 9. The molecule has 0 radical (unpaired) electrons. The van der Waals surface area contributed by atoms with Crippen LogP contribution in [0.5, 0.6) is 5.75 Å². The quantitative estimate of drug-likeness (QED) is 0.199. The summed E-state index contributed by atoms with van der Waals surface area (Å²) in [6.07, 6.45) is 2.37. The molecule has 1 aromatic heterocycles. The highest BCUT2D eigenvalue weighted by Gasteiger charge is 2.35. The van der Waals surface area contributed by atoms with Gasteiger partial charge in [-0.15, -0.1) is 0 Å². The Kier molecular flexibility index (Phi) is 8.39. The number of amides is 4. The van der Waals surface area contributed by atoms with Gasteiger partial charge in [-0.25, -0.2) is 9.69 Å². The van der Waals surface area contributed by atoms with Crippen LogP contribution in [-0.4, -0.2) is 33.9 Å². The van der Waals surface area contributed by atoms with Gasteiger partial charge in [0.2, 0.25) is 5.91 Å². The molecule has 216 valence electrons.